The van der Waals surface area contributed by atoms with E-state index >= 15 is 0 Å². The number of carbonyl (C=O) groups excluding carboxylic acids is 1. The van der Waals surface area contributed by atoms with Gasteiger partial charge in [-0.25, -0.2) is 4.39 Å². The Balaban J connectivity index is 2.61. The number of nitrogens with one attached hydrogen (secondary N) is 1. The fraction of sp³-hybridized carbons (Fsp3) is 0.417. The molecule has 0 saturated carbocycles. The third-order valence-electron chi connectivity index (χ3n) is 3.20. The van der Waals surface area contributed by atoms with Gasteiger partial charge >= 0.3 is 0 Å². The van der Waals surface area contributed by atoms with Crippen molar-refractivity contribution in [3.63, 3.8) is 0 Å². The lowest BCUT2D eigenvalue weighted by molar-refractivity contribution is 0.0961. The van der Waals surface area contributed by atoms with Gasteiger partial charge in [0, 0.05) is 7.05 Å². The highest BCUT2D eigenvalue weighted by atomic mass is 79.9. The average molecular weight is 302 g/mol. The smallest absolute Gasteiger partial charge is 0.252 e. The summed E-state index contributed by atoms with van der Waals surface area (Å²) in [4.78, 5) is 11.6. The molecule has 0 bridgehead atoms. The molecule has 0 saturated heterocycles. The van der Waals surface area contributed by atoms with Gasteiger partial charge in [0.2, 0.25) is 0 Å². The molecule has 2 rings (SSSR count). The fourth-order valence-electron chi connectivity index (χ4n) is 2.19. The molecule has 17 heavy (non-hydrogen) atoms. The lowest BCUT2D eigenvalue weighted by Crippen LogP contribution is -2.19. The molecule has 2 atom stereocenters. The summed E-state index contributed by atoms with van der Waals surface area (Å²) in [7, 11) is 1.49. The first-order valence-electron chi connectivity index (χ1n) is 5.38. The van der Waals surface area contributed by atoms with E-state index in [9.17, 15) is 14.3 Å². The van der Waals surface area contributed by atoms with Crippen LogP contribution in [0.25, 0.3) is 0 Å². The zero-order valence-electron chi connectivity index (χ0n) is 9.55. The summed E-state index contributed by atoms with van der Waals surface area (Å²) in [6.45, 7) is 1.86. The van der Waals surface area contributed by atoms with Gasteiger partial charge in [0.15, 0.2) is 0 Å². The van der Waals surface area contributed by atoms with Gasteiger partial charge in [0.05, 0.1) is 16.1 Å². The first-order valence-corrected chi connectivity index (χ1v) is 6.17. The zero-order valence-corrected chi connectivity index (χ0v) is 11.1. The first kappa shape index (κ1) is 12.5. The van der Waals surface area contributed by atoms with Gasteiger partial charge in [-0.2, -0.15) is 0 Å². The third-order valence-corrected chi connectivity index (χ3v) is 3.97. The molecule has 2 N–H and O–H groups in total. The highest BCUT2D eigenvalue weighted by Gasteiger charge is 2.32. The van der Waals surface area contributed by atoms with Gasteiger partial charge in [0.25, 0.3) is 5.91 Å². The van der Waals surface area contributed by atoms with Crippen molar-refractivity contribution in [3.05, 3.63) is 33.0 Å². The Morgan fingerprint density at radius 2 is 2.29 bits per heavy atom. The topological polar surface area (TPSA) is 49.3 Å². The number of benzene rings is 1. The summed E-state index contributed by atoms with van der Waals surface area (Å²) in [6.07, 6.45) is -0.203. The average Bonchev–Trinajstić information content (AvgIpc) is 2.60. The molecule has 1 aromatic carbocycles. The van der Waals surface area contributed by atoms with Gasteiger partial charge in [-0.05, 0) is 45.5 Å². The van der Waals surface area contributed by atoms with Crippen LogP contribution in [0.2, 0.25) is 0 Å². The summed E-state index contributed by atoms with van der Waals surface area (Å²) in [5.41, 5.74) is 1.25. The van der Waals surface area contributed by atoms with Gasteiger partial charge in [0.1, 0.15) is 5.82 Å². The van der Waals surface area contributed by atoms with E-state index in [4.69, 9.17) is 0 Å². The Labute approximate surface area is 107 Å². The van der Waals surface area contributed by atoms with Crippen molar-refractivity contribution in [2.45, 2.75) is 19.4 Å². The molecule has 5 heteroatoms. The van der Waals surface area contributed by atoms with Crippen molar-refractivity contribution < 1.29 is 14.3 Å². The van der Waals surface area contributed by atoms with Crippen molar-refractivity contribution in [1.29, 1.82) is 0 Å². The van der Waals surface area contributed by atoms with Gasteiger partial charge in [-0.15, -0.1) is 0 Å². The number of halogens is 2. The number of rotatable bonds is 1. The van der Waals surface area contributed by atoms with Crippen molar-refractivity contribution in [3.8, 4) is 0 Å². The standard InChI is InChI=1S/C12H13BrFNO2/c1-5-3-6-7(11(5)16)4-8(12(17)15-2)9(13)10(6)14/h4-5,11,16H,3H2,1-2H3,(H,15,17). The van der Waals surface area contributed by atoms with Crippen LogP contribution in [0.1, 0.15) is 34.5 Å². The first-order chi connectivity index (χ1) is 7.97. The van der Waals surface area contributed by atoms with Crippen molar-refractivity contribution >= 4 is 21.8 Å². The highest BCUT2D eigenvalue weighted by molar-refractivity contribution is 9.10. The zero-order chi connectivity index (χ0) is 12.7. The maximum absolute atomic E-state index is 14.1. The predicted octanol–water partition coefficient (Wildman–Crippen LogP) is 2.17. The molecule has 2 unspecified atom stereocenters. The van der Waals surface area contributed by atoms with Crippen LogP contribution >= 0.6 is 15.9 Å². The Morgan fingerprint density at radius 1 is 1.65 bits per heavy atom. The minimum Gasteiger partial charge on any atom is -0.388 e. The molecule has 1 aliphatic carbocycles. The minimum atomic E-state index is -0.698. The molecule has 1 aliphatic rings. The van der Waals surface area contributed by atoms with Crippen LogP contribution in [0.15, 0.2) is 10.5 Å². The quantitative estimate of drug-likeness (QED) is 0.835. The second kappa shape index (κ2) is 4.38. The van der Waals surface area contributed by atoms with Crippen LogP contribution in [-0.2, 0) is 6.42 Å². The van der Waals surface area contributed by atoms with Crippen molar-refractivity contribution in [1.82, 2.24) is 5.32 Å². The van der Waals surface area contributed by atoms with Crippen molar-refractivity contribution in [2.75, 3.05) is 7.05 Å². The lowest BCUT2D eigenvalue weighted by atomic mass is 10.0. The number of fused-ring (bicyclic) bond motifs is 1. The molecule has 0 aromatic heterocycles. The van der Waals surface area contributed by atoms with E-state index in [0.717, 1.165) is 0 Å². The van der Waals surface area contributed by atoms with Crippen LogP contribution in [0.5, 0.6) is 0 Å². The number of aliphatic hydroxyl groups excluding tert-OH is 1. The van der Waals surface area contributed by atoms with Gasteiger partial charge < -0.3 is 10.4 Å². The summed E-state index contributed by atoms with van der Waals surface area (Å²) >= 11 is 3.10. The molecule has 0 fully saturated rings. The lowest BCUT2D eigenvalue weighted by Gasteiger charge is -2.11. The largest absolute Gasteiger partial charge is 0.388 e. The number of hydrogen-bond acceptors (Lipinski definition) is 2. The number of carbonyl (C=O) groups is 1. The van der Waals surface area contributed by atoms with E-state index in [-0.39, 0.29) is 21.9 Å². The molecule has 92 valence electrons. The maximum Gasteiger partial charge on any atom is 0.252 e. The van der Waals surface area contributed by atoms with Crippen LogP contribution in [0, 0.1) is 11.7 Å². The number of amides is 1. The van der Waals surface area contributed by atoms with E-state index in [0.29, 0.717) is 17.5 Å². The second-order valence-corrected chi connectivity index (χ2v) is 5.12. The summed E-state index contributed by atoms with van der Waals surface area (Å²) in [6, 6.07) is 1.56. The second-order valence-electron chi connectivity index (χ2n) is 4.33. The highest BCUT2D eigenvalue weighted by Crippen LogP contribution is 2.40. The third kappa shape index (κ3) is 1.87. The van der Waals surface area contributed by atoms with E-state index in [1.54, 1.807) is 6.07 Å². The SMILES string of the molecule is CNC(=O)c1cc2c(c(F)c1Br)CC(C)C2O. The van der Waals surface area contributed by atoms with Crippen LogP contribution in [0.4, 0.5) is 4.39 Å². The van der Waals surface area contributed by atoms with Crippen LogP contribution in [0.3, 0.4) is 0 Å². The summed E-state index contributed by atoms with van der Waals surface area (Å²) < 4.78 is 14.2. The normalized spacial score (nSPS) is 22.4. The molecule has 0 spiro atoms. The van der Waals surface area contributed by atoms with E-state index in [2.05, 4.69) is 21.2 Å². The Kier molecular flexibility index (Phi) is 3.23. The molecular weight excluding hydrogens is 289 g/mol. The Morgan fingerprint density at radius 3 is 2.88 bits per heavy atom. The minimum absolute atomic E-state index is 0.0219. The fourth-order valence-corrected chi connectivity index (χ4v) is 2.73. The molecule has 0 radical (unpaired) electrons. The van der Waals surface area contributed by atoms with Crippen LogP contribution in [-0.4, -0.2) is 18.1 Å². The monoisotopic (exact) mass is 301 g/mol. The summed E-state index contributed by atoms with van der Waals surface area (Å²) in [5.74, 6) is -0.832. The number of hydrogen-bond donors (Lipinski definition) is 2. The summed E-state index contributed by atoms with van der Waals surface area (Å²) in [5, 5.41) is 12.4. The molecular formula is C12H13BrFNO2. The molecule has 1 aromatic rings. The molecule has 1 amide bonds. The van der Waals surface area contributed by atoms with Gasteiger partial charge in [-0.1, -0.05) is 6.92 Å². The van der Waals surface area contributed by atoms with E-state index in [1.165, 1.54) is 7.05 Å². The molecule has 0 aliphatic heterocycles. The van der Waals surface area contributed by atoms with E-state index < -0.39 is 11.9 Å². The number of aliphatic hydroxyl groups is 1. The maximum atomic E-state index is 14.1. The molecule has 3 nitrogen and oxygen atoms in total. The van der Waals surface area contributed by atoms with Gasteiger partial charge in [-0.3, -0.25) is 4.79 Å². The van der Waals surface area contributed by atoms with Crippen LogP contribution < -0.4 is 5.32 Å². The predicted molar refractivity (Wildman–Crippen MR) is 65.3 cm³/mol. The van der Waals surface area contributed by atoms with E-state index in [1.807, 2.05) is 6.92 Å². The molecule has 0 heterocycles. The van der Waals surface area contributed by atoms with Crippen molar-refractivity contribution in [2.24, 2.45) is 5.92 Å². The Bertz CT molecular complexity index is 490. The Hall–Kier alpha value is -0.940.